The second-order valence-corrected chi connectivity index (χ2v) is 5.10. The first-order valence-electron chi connectivity index (χ1n) is 5.73. The van der Waals surface area contributed by atoms with Gasteiger partial charge in [0.25, 0.3) is 0 Å². The predicted octanol–water partition coefficient (Wildman–Crippen LogP) is 1.64. The number of nitrogens with two attached hydrogens (primary N) is 1. The van der Waals surface area contributed by atoms with Crippen molar-refractivity contribution < 1.29 is 13.8 Å². The first-order chi connectivity index (χ1) is 7.55. The summed E-state index contributed by atoms with van der Waals surface area (Å²) in [5.74, 6) is 0. The Morgan fingerprint density at radius 2 is 1.25 bits per heavy atom. The molecule has 0 aromatic heterocycles. The molecule has 0 radical (unpaired) electrons. The van der Waals surface area contributed by atoms with Crippen LogP contribution in [0.3, 0.4) is 0 Å². The van der Waals surface area contributed by atoms with Gasteiger partial charge in [-0.3, -0.25) is 4.57 Å². The number of hydrogen-bond acceptors (Lipinski definition) is 6. The fourth-order valence-corrected chi connectivity index (χ4v) is 2.44. The Balaban J connectivity index is 4.45. The van der Waals surface area contributed by atoms with Crippen LogP contribution in [0.4, 0.5) is 0 Å². The van der Waals surface area contributed by atoms with Crippen molar-refractivity contribution >= 4 is 7.60 Å². The zero-order valence-electron chi connectivity index (χ0n) is 10.7. The highest BCUT2D eigenvalue weighted by molar-refractivity contribution is 7.53. The average Bonchev–Trinajstić information content (AvgIpc) is 2.33. The average molecular weight is 253 g/mol. The van der Waals surface area contributed by atoms with Crippen LogP contribution in [0.5, 0.6) is 0 Å². The molecule has 0 aliphatic carbocycles. The first-order valence-corrected chi connectivity index (χ1v) is 7.46. The number of rotatable bonds is 9. The van der Waals surface area contributed by atoms with E-state index in [4.69, 9.17) is 15.0 Å². The molecule has 0 saturated carbocycles. The fraction of sp³-hybridized carbons (Fsp3) is 1.00. The van der Waals surface area contributed by atoms with Crippen molar-refractivity contribution in [2.45, 2.75) is 27.7 Å². The minimum absolute atomic E-state index is 0.125. The quantitative estimate of drug-likeness (QED) is 0.497. The van der Waals surface area contributed by atoms with E-state index in [-0.39, 0.29) is 6.29 Å². The van der Waals surface area contributed by atoms with E-state index in [9.17, 15) is 4.57 Å². The van der Waals surface area contributed by atoms with E-state index in [1.807, 2.05) is 27.7 Å². The highest BCUT2D eigenvalue weighted by Crippen LogP contribution is 2.47. The molecular formula is C9H24N3O3P. The van der Waals surface area contributed by atoms with E-state index in [1.165, 1.54) is 0 Å². The lowest BCUT2D eigenvalue weighted by Gasteiger charge is -2.27. The summed E-state index contributed by atoms with van der Waals surface area (Å²) in [7, 11) is -3.25. The van der Waals surface area contributed by atoms with Crippen molar-refractivity contribution in [1.82, 2.24) is 10.1 Å². The van der Waals surface area contributed by atoms with Crippen LogP contribution in [-0.4, -0.2) is 42.6 Å². The molecule has 0 rings (SSSR count). The van der Waals surface area contributed by atoms with Gasteiger partial charge in [-0.1, -0.05) is 27.7 Å². The number of hydroxylamine groups is 4. The molecule has 16 heavy (non-hydrogen) atoms. The van der Waals surface area contributed by atoms with Crippen molar-refractivity contribution in [1.29, 1.82) is 0 Å². The Labute approximate surface area is 98.1 Å². The highest BCUT2D eigenvalue weighted by atomic mass is 31.2. The Hall–Kier alpha value is 0.0300. The zero-order chi connectivity index (χ0) is 12.6. The number of nitrogens with zero attached hydrogens (tertiary/aromatic N) is 2. The molecule has 0 aliphatic rings. The lowest BCUT2D eigenvalue weighted by molar-refractivity contribution is -0.115. The van der Waals surface area contributed by atoms with Gasteiger partial charge in [0.15, 0.2) is 0 Å². The number of hydrogen-bond donors (Lipinski definition) is 1. The van der Waals surface area contributed by atoms with Crippen LogP contribution in [-0.2, 0) is 13.8 Å². The Bertz CT molecular complexity index is 202. The molecule has 0 spiro atoms. The summed E-state index contributed by atoms with van der Waals surface area (Å²) in [5.41, 5.74) is 5.46. The third kappa shape index (κ3) is 5.39. The van der Waals surface area contributed by atoms with Crippen molar-refractivity contribution in [2.24, 2.45) is 5.73 Å². The molecule has 2 N–H and O–H groups in total. The van der Waals surface area contributed by atoms with E-state index in [0.29, 0.717) is 26.2 Å². The van der Waals surface area contributed by atoms with Gasteiger partial charge in [-0.25, -0.2) is 9.25 Å². The molecule has 0 fully saturated rings. The molecule has 7 heteroatoms. The molecule has 0 unspecified atom stereocenters. The van der Waals surface area contributed by atoms with Gasteiger partial charge < -0.3 is 5.73 Å². The maximum atomic E-state index is 12.2. The van der Waals surface area contributed by atoms with Gasteiger partial charge in [-0.2, -0.15) is 10.1 Å². The molecule has 0 heterocycles. The van der Waals surface area contributed by atoms with Gasteiger partial charge in [0, 0.05) is 26.2 Å². The van der Waals surface area contributed by atoms with Crippen LogP contribution in [0.15, 0.2) is 0 Å². The fourth-order valence-electron chi connectivity index (χ4n) is 1.11. The van der Waals surface area contributed by atoms with Gasteiger partial charge in [-0.05, 0) is 0 Å². The topological polar surface area (TPSA) is 68.0 Å². The van der Waals surface area contributed by atoms with Crippen molar-refractivity contribution in [2.75, 3.05) is 32.5 Å². The second-order valence-electron chi connectivity index (χ2n) is 3.19. The first kappa shape index (κ1) is 16.0. The van der Waals surface area contributed by atoms with Gasteiger partial charge in [0.2, 0.25) is 0 Å². The molecule has 0 aliphatic heterocycles. The highest BCUT2D eigenvalue weighted by Gasteiger charge is 2.28. The SMILES string of the molecule is CCN(CC)OP(=O)(CN)ON(CC)CC. The van der Waals surface area contributed by atoms with Gasteiger partial charge in [-0.15, -0.1) is 0 Å². The van der Waals surface area contributed by atoms with E-state index >= 15 is 0 Å². The Morgan fingerprint density at radius 1 is 0.938 bits per heavy atom. The summed E-state index contributed by atoms with van der Waals surface area (Å²) in [6, 6.07) is 0. The van der Waals surface area contributed by atoms with Crippen molar-refractivity contribution in [3.63, 3.8) is 0 Å². The zero-order valence-corrected chi connectivity index (χ0v) is 11.6. The standard InChI is InChI=1S/C9H24N3O3P/c1-5-11(6-2)14-16(13,9-10)15-12(7-3)8-4/h5-10H2,1-4H3. The molecular weight excluding hydrogens is 229 g/mol. The normalized spacial score (nSPS) is 12.7. The Morgan fingerprint density at radius 3 is 1.44 bits per heavy atom. The van der Waals surface area contributed by atoms with E-state index in [0.717, 1.165) is 0 Å². The summed E-state index contributed by atoms with van der Waals surface area (Å²) in [4.78, 5) is 0. The van der Waals surface area contributed by atoms with Crippen LogP contribution >= 0.6 is 7.60 Å². The molecule has 0 aromatic carbocycles. The Kier molecular flexibility index (Phi) is 8.18. The largest absolute Gasteiger partial charge is 0.377 e. The predicted molar refractivity (Wildman–Crippen MR) is 64.7 cm³/mol. The monoisotopic (exact) mass is 253 g/mol. The molecule has 0 atom stereocenters. The molecule has 0 aromatic rings. The molecule has 0 amide bonds. The van der Waals surface area contributed by atoms with E-state index in [2.05, 4.69) is 0 Å². The summed E-state index contributed by atoms with van der Waals surface area (Å²) in [5, 5.41) is 3.16. The van der Waals surface area contributed by atoms with Gasteiger partial charge in [0.05, 0.1) is 6.29 Å². The van der Waals surface area contributed by atoms with Crippen LogP contribution in [0, 0.1) is 0 Å². The van der Waals surface area contributed by atoms with E-state index < -0.39 is 7.60 Å². The second kappa shape index (κ2) is 8.17. The van der Waals surface area contributed by atoms with Crippen LogP contribution < -0.4 is 5.73 Å². The smallest absolute Gasteiger partial charge is 0.320 e. The minimum Gasteiger partial charge on any atom is -0.320 e. The molecule has 0 saturated heterocycles. The molecule has 98 valence electrons. The van der Waals surface area contributed by atoms with Crippen LogP contribution in [0.1, 0.15) is 27.7 Å². The molecule has 6 nitrogen and oxygen atoms in total. The van der Waals surface area contributed by atoms with Gasteiger partial charge in [0.1, 0.15) is 0 Å². The molecule has 0 bridgehead atoms. The lowest BCUT2D eigenvalue weighted by Crippen LogP contribution is -2.29. The van der Waals surface area contributed by atoms with Crippen molar-refractivity contribution in [3.8, 4) is 0 Å². The summed E-state index contributed by atoms with van der Waals surface area (Å²) in [6.45, 7) is 10.2. The third-order valence-electron chi connectivity index (χ3n) is 2.11. The van der Waals surface area contributed by atoms with E-state index in [1.54, 1.807) is 10.1 Å². The maximum absolute atomic E-state index is 12.2. The summed E-state index contributed by atoms with van der Waals surface area (Å²) < 4.78 is 22.8. The van der Waals surface area contributed by atoms with Crippen molar-refractivity contribution in [3.05, 3.63) is 0 Å². The third-order valence-corrected chi connectivity index (χ3v) is 3.52. The minimum atomic E-state index is -3.25. The summed E-state index contributed by atoms with van der Waals surface area (Å²) in [6.07, 6.45) is -0.125. The van der Waals surface area contributed by atoms with Gasteiger partial charge >= 0.3 is 7.60 Å². The summed E-state index contributed by atoms with van der Waals surface area (Å²) >= 11 is 0. The maximum Gasteiger partial charge on any atom is 0.377 e. The van der Waals surface area contributed by atoms with Crippen LogP contribution in [0.25, 0.3) is 0 Å². The van der Waals surface area contributed by atoms with Crippen LogP contribution in [0.2, 0.25) is 0 Å². The lowest BCUT2D eigenvalue weighted by atomic mass is 10.6.